The molecule has 26 heavy (non-hydrogen) atoms. The van der Waals surface area contributed by atoms with Crippen LogP contribution in [-0.4, -0.2) is 15.5 Å². The van der Waals surface area contributed by atoms with Crippen molar-refractivity contribution in [3.63, 3.8) is 0 Å². The molecule has 0 bridgehead atoms. The standard InChI is InChI=1S/C20H16N4O2/c1-14-3-6-17(16-7-4-15(12-21)5-8-16)11-18(14)23-19(25)13-24-10-2-9-22-20(24)26/h2-11H,13H2,1H3,(H,23,25). The molecule has 1 heterocycles. The maximum absolute atomic E-state index is 12.3. The van der Waals surface area contributed by atoms with Gasteiger partial charge < -0.3 is 5.32 Å². The van der Waals surface area contributed by atoms with E-state index in [0.29, 0.717) is 11.3 Å². The Kier molecular flexibility index (Phi) is 4.90. The van der Waals surface area contributed by atoms with Crippen LogP contribution >= 0.6 is 0 Å². The van der Waals surface area contributed by atoms with E-state index in [1.54, 1.807) is 18.2 Å². The Balaban J connectivity index is 1.81. The van der Waals surface area contributed by atoms with Crippen molar-refractivity contribution in [2.45, 2.75) is 13.5 Å². The highest BCUT2D eigenvalue weighted by molar-refractivity contribution is 5.92. The second-order valence-corrected chi connectivity index (χ2v) is 5.80. The number of rotatable bonds is 4. The van der Waals surface area contributed by atoms with Gasteiger partial charge in [-0.25, -0.2) is 9.78 Å². The minimum atomic E-state index is -0.467. The summed E-state index contributed by atoms with van der Waals surface area (Å²) in [6.07, 6.45) is 2.91. The van der Waals surface area contributed by atoms with Crippen molar-refractivity contribution in [1.82, 2.24) is 9.55 Å². The third kappa shape index (κ3) is 3.84. The number of nitrogens with zero attached hydrogens (tertiary/aromatic N) is 3. The van der Waals surface area contributed by atoms with E-state index in [0.717, 1.165) is 16.7 Å². The van der Waals surface area contributed by atoms with Gasteiger partial charge in [0.1, 0.15) is 6.54 Å². The highest BCUT2D eigenvalue weighted by Gasteiger charge is 2.09. The Bertz CT molecular complexity index is 1050. The van der Waals surface area contributed by atoms with E-state index in [9.17, 15) is 9.59 Å². The van der Waals surface area contributed by atoms with Gasteiger partial charge in [0.05, 0.1) is 11.6 Å². The van der Waals surface area contributed by atoms with Crippen molar-refractivity contribution >= 4 is 11.6 Å². The van der Waals surface area contributed by atoms with Gasteiger partial charge in [-0.05, 0) is 47.9 Å². The largest absolute Gasteiger partial charge is 0.347 e. The van der Waals surface area contributed by atoms with Gasteiger partial charge >= 0.3 is 5.69 Å². The summed E-state index contributed by atoms with van der Waals surface area (Å²) in [5, 5.41) is 11.7. The predicted molar refractivity (Wildman–Crippen MR) is 98.5 cm³/mol. The number of hydrogen-bond donors (Lipinski definition) is 1. The molecule has 0 aliphatic rings. The van der Waals surface area contributed by atoms with Gasteiger partial charge in [0, 0.05) is 18.1 Å². The Morgan fingerprint density at radius 1 is 1.19 bits per heavy atom. The first-order valence-corrected chi connectivity index (χ1v) is 7.99. The van der Waals surface area contributed by atoms with Gasteiger partial charge in [-0.3, -0.25) is 9.36 Å². The van der Waals surface area contributed by atoms with E-state index in [2.05, 4.69) is 16.4 Å². The van der Waals surface area contributed by atoms with Gasteiger partial charge in [-0.2, -0.15) is 5.26 Å². The molecule has 1 N–H and O–H groups in total. The number of amides is 1. The molecule has 3 rings (SSSR count). The molecule has 6 nitrogen and oxygen atoms in total. The summed E-state index contributed by atoms with van der Waals surface area (Å²) in [7, 11) is 0. The topological polar surface area (TPSA) is 87.8 Å². The zero-order valence-corrected chi connectivity index (χ0v) is 14.1. The number of carbonyl (C=O) groups is 1. The molecular weight excluding hydrogens is 328 g/mol. The predicted octanol–water partition coefficient (Wildman–Crippen LogP) is 2.73. The molecule has 128 valence electrons. The lowest BCUT2D eigenvalue weighted by molar-refractivity contribution is -0.116. The quantitative estimate of drug-likeness (QED) is 0.788. The molecule has 0 unspecified atom stereocenters. The minimum Gasteiger partial charge on any atom is -0.324 e. The van der Waals surface area contributed by atoms with E-state index in [1.807, 2.05) is 37.3 Å². The number of aryl methyl sites for hydroxylation is 1. The summed E-state index contributed by atoms with van der Waals surface area (Å²) < 4.78 is 1.25. The third-order valence-electron chi connectivity index (χ3n) is 3.96. The molecule has 0 atom stereocenters. The second kappa shape index (κ2) is 7.45. The van der Waals surface area contributed by atoms with E-state index in [1.165, 1.54) is 17.0 Å². The monoisotopic (exact) mass is 344 g/mol. The van der Waals surface area contributed by atoms with Gasteiger partial charge in [0.15, 0.2) is 0 Å². The molecule has 0 saturated heterocycles. The maximum Gasteiger partial charge on any atom is 0.347 e. The Hall–Kier alpha value is -3.72. The first-order valence-electron chi connectivity index (χ1n) is 7.99. The van der Waals surface area contributed by atoms with Crippen molar-refractivity contribution in [3.8, 4) is 17.2 Å². The SMILES string of the molecule is Cc1ccc(-c2ccc(C#N)cc2)cc1NC(=O)Cn1cccnc1=O. The molecule has 2 aromatic carbocycles. The number of nitrogens with one attached hydrogen (secondary N) is 1. The molecule has 0 saturated carbocycles. The number of nitriles is 1. The first kappa shape index (κ1) is 17.1. The van der Waals surface area contributed by atoms with Crippen molar-refractivity contribution in [3.05, 3.63) is 82.5 Å². The Morgan fingerprint density at radius 3 is 2.62 bits per heavy atom. The molecule has 0 aliphatic heterocycles. The summed E-state index contributed by atoms with van der Waals surface area (Å²) in [4.78, 5) is 27.5. The molecule has 6 heteroatoms. The highest BCUT2D eigenvalue weighted by atomic mass is 16.2. The lowest BCUT2D eigenvalue weighted by Crippen LogP contribution is -2.28. The zero-order valence-electron chi connectivity index (χ0n) is 14.1. The van der Waals surface area contributed by atoms with Crippen LogP contribution in [-0.2, 0) is 11.3 Å². The van der Waals surface area contributed by atoms with E-state index < -0.39 is 5.69 Å². The number of hydrogen-bond acceptors (Lipinski definition) is 4. The maximum atomic E-state index is 12.3. The zero-order chi connectivity index (χ0) is 18.5. The van der Waals surface area contributed by atoms with Crippen LogP contribution in [0.4, 0.5) is 5.69 Å². The lowest BCUT2D eigenvalue weighted by atomic mass is 10.0. The highest BCUT2D eigenvalue weighted by Crippen LogP contribution is 2.25. The van der Waals surface area contributed by atoms with Crippen LogP contribution in [0, 0.1) is 18.3 Å². The first-order chi connectivity index (χ1) is 12.6. The molecule has 1 aromatic heterocycles. The average Bonchev–Trinajstić information content (AvgIpc) is 2.65. The van der Waals surface area contributed by atoms with Crippen LogP contribution in [0.5, 0.6) is 0 Å². The van der Waals surface area contributed by atoms with Gasteiger partial charge in [0.2, 0.25) is 5.91 Å². The minimum absolute atomic E-state index is 0.104. The number of anilines is 1. The van der Waals surface area contributed by atoms with E-state index >= 15 is 0 Å². The molecule has 3 aromatic rings. The summed E-state index contributed by atoms with van der Waals surface area (Å²) in [6.45, 7) is 1.79. The third-order valence-corrected chi connectivity index (χ3v) is 3.96. The van der Waals surface area contributed by atoms with Crippen LogP contribution in [0.15, 0.2) is 65.7 Å². The van der Waals surface area contributed by atoms with Crippen molar-refractivity contribution in [1.29, 1.82) is 5.26 Å². The van der Waals surface area contributed by atoms with Crippen LogP contribution in [0.25, 0.3) is 11.1 Å². The van der Waals surface area contributed by atoms with Crippen LogP contribution in [0.2, 0.25) is 0 Å². The summed E-state index contributed by atoms with van der Waals surface area (Å²) in [5.74, 6) is -0.305. The van der Waals surface area contributed by atoms with E-state index in [-0.39, 0.29) is 12.5 Å². The fourth-order valence-electron chi connectivity index (χ4n) is 2.53. The summed E-state index contributed by atoms with van der Waals surface area (Å²) in [6, 6.07) is 16.7. The van der Waals surface area contributed by atoms with Crippen molar-refractivity contribution in [2.75, 3.05) is 5.32 Å². The number of carbonyl (C=O) groups excluding carboxylic acids is 1. The van der Waals surface area contributed by atoms with Gasteiger partial charge in [-0.15, -0.1) is 0 Å². The van der Waals surface area contributed by atoms with Gasteiger partial charge in [0.25, 0.3) is 0 Å². The average molecular weight is 344 g/mol. The molecular formula is C20H16N4O2. The smallest absolute Gasteiger partial charge is 0.324 e. The molecule has 0 spiro atoms. The van der Waals surface area contributed by atoms with Crippen molar-refractivity contribution < 1.29 is 4.79 Å². The normalized spacial score (nSPS) is 10.2. The van der Waals surface area contributed by atoms with Crippen LogP contribution in [0.3, 0.4) is 0 Å². The molecule has 0 radical (unpaired) electrons. The van der Waals surface area contributed by atoms with E-state index in [4.69, 9.17) is 5.26 Å². The number of aromatic nitrogens is 2. The van der Waals surface area contributed by atoms with Gasteiger partial charge in [-0.1, -0.05) is 24.3 Å². The Morgan fingerprint density at radius 2 is 1.92 bits per heavy atom. The van der Waals surface area contributed by atoms with Crippen LogP contribution < -0.4 is 11.0 Å². The fraction of sp³-hybridized carbons (Fsp3) is 0.100. The second-order valence-electron chi connectivity index (χ2n) is 5.80. The molecule has 0 fully saturated rings. The molecule has 0 aliphatic carbocycles. The summed E-state index contributed by atoms with van der Waals surface area (Å²) in [5.41, 5.74) is 3.59. The van der Waals surface area contributed by atoms with Crippen molar-refractivity contribution in [2.24, 2.45) is 0 Å². The van der Waals surface area contributed by atoms with Crippen LogP contribution in [0.1, 0.15) is 11.1 Å². The molecule has 1 amide bonds. The number of benzene rings is 2. The lowest BCUT2D eigenvalue weighted by Gasteiger charge is -2.11. The summed E-state index contributed by atoms with van der Waals surface area (Å²) >= 11 is 0. The Labute approximate surface area is 150 Å². The fourth-order valence-corrected chi connectivity index (χ4v) is 2.53.